The van der Waals surface area contributed by atoms with E-state index in [1.54, 1.807) is 5.56 Å². The minimum atomic E-state index is 0.432. The number of rotatable bonds is 2. The monoisotopic (exact) mass is 266 g/mol. The third kappa shape index (κ3) is 2.51. The molecule has 1 aromatic carbocycles. The third-order valence-electron chi connectivity index (χ3n) is 4.20. The lowest BCUT2D eigenvalue weighted by Crippen LogP contribution is -2.22. The van der Waals surface area contributed by atoms with Gasteiger partial charge >= 0.3 is 0 Å². The highest BCUT2D eigenvalue weighted by molar-refractivity contribution is 7.99. The van der Waals surface area contributed by atoms with E-state index in [2.05, 4.69) is 24.3 Å². The van der Waals surface area contributed by atoms with E-state index in [1.807, 2.05) is 11.8 Å². The van der Waals surface area contributed by atoms with Crippen molar-refractivity contribution in [1.29, 1.82) is 0 Å². The van der Waals surface area contributed by atoms with Gasteiger partial charge in [-0.1, -0.05) is 31.0 Å². The fourth-order valence-electron chi connectivity index (χ4n) is 3.22. The summed E-state index contributed by atoms with van der Waals surface area (Å²) < 4.78 is 0. The normalized spacial score (nSPS) is 32.4. The molecule has 3 unspecified atom stereocenters. The maximum Gasteiger partial charge on any atom is 0.0364 e. The Hall–Kier alpha value is -0.140. The number of alkyl halides is 1. The Morgan fingerprint density at radius 3 is 2.88 bits per heavy atom. The Morgan fingerprint density at radius 2 is 2.00 bits per heavy atom. The SMILES string of the molecule is ClC1CCCCC1CC1CSc2ccccc21. The lowest BCUT2D eigenvalue weighted by Gasteiger charge is -2.29. The van der Waals surface area contributed by atoms with Crippen molar-refractivity contribution in [2.45, 2.75) is 48.3 Å². The molecule has 0 radical (unpaired) electrons. The van der Waals surface area contributed by atoms with Crippen LogP contribution in [0.3, 0.4) is 0 Å². The van der Waals surface area contributed by atoms with Crippen LogP contribution in [0, 0.1) is 5.92 Å². The molecule has 0 spiro atoms. The van der Waals surface area contributed by atoms with E-state index < -0.39 is 0 Å². The summed E-state index contributed by atoms with van der Waals surface area (Å²) in [5.74, 6) is 2.77. The summed E-state index contributed by atoms with van der Waals surface area (Å²) >= 11 is 8.50. The van der Waals surface area contributed by atoms with Gasteiger partial charge in [0, 0.05) is 16.0 Å². The molecule has 0 aromatic heterocycles. The Balaban J connectivity index is 1.70. The molecule has 2 heteroatoms. The number of hydrogen-bond acceptors (Lipinski definition) is 1. The second-order valence-corrected chi connectivity index (χ2v) is 6.96. The molecule has 0 nitrogen and oxygen atoms in total. The minimum absolute atomic E-state index is 0.432. The van der Waals surface area contributed by atoms with Gasteiger partial charge in [-0.2, -0.15) is 0 Å². The zero-order valence-corrected chi connectivity index (χ0v) is 11.6. The number of fused-ring (bicyclic) bond motifs is 1. The highest BCUT2D eigenvalue weighted by Crippen LogP contribution is 2.45. The molecule has 0 amide bonds. The molecular weight excluding hydrogens is 248 g/mol. The molecule has 3 rings (SSSR count). The summed E-state index contributed by atoms with van der Waals surface area (Å²) in [5, 5.41) is 0.432. The summed E-state index contributed by atoms with van der Waals surface area (Å²) in [6, 6.07) is 8.90. The first-order valence-corrected chi connectivity index (χ1v) is 8.12. The van der Waals surface area contributed by atoms with Gasteiger partial charge in [0.2, 0.25) is 0 Å². The average Bonchev–Trinajstić information content (AvgIpc) is 2.76. The minimum Gasteiger partial charge on any atom is -0.125 e. The largest absolute Gasteiger partial charge is 0.125 e. The van der Waals surface area contributed by atoms with Crippen LogP contribution in [0.1, 0.15) is 43.6 Å². The van der Waals surface area contributed by atoms with Crippen LogP contribution in [0.4, 0.5) is 0 Å². The van der Waals surface area contributed by atoms with Crippen molar-refractivity contribution in [2.75, 3.05) is 5.75 Å². The molecule has 17 heavy (non-hydrogen) atoms. The molecule has 2 aliphatic rings. The van der Waals surface area contributed by atoms with Crippen molar-refractivity contribution in [3.05, 3.63) is 29.8 Å². The van der Waals surface area contributed by atoms with E-state index in [0.29, 0.717) is 5.38 Å². The van der Waals surface area contributed by atoms with Gasteiger partial charge in [0.25, 0.3) is 0 Å². The Labute approximate surface area is 113 Å². The lowest BCUT2D eigenvalue weighted by atomic mass is 9.81. The standard InChI is InChI=1S/C15H19ClS/c16-14-7-3-1-5-11(14)9-12-10-17-15-8-4-2-6-13(12)15/h2,4,6,8,11-12,14H,1,3,5,7,9-10H2. The van der Waals surface area contributed by atoms with Gasteiger partial charge in [-0.15, -0.1) is 23.4 Å². The first-order valence-electron chi connectivity index (χ1n) is 6.70. The van der Waals surface area contributed by atoms with Gasteiger partial charge in [-0.3, -0.25) is 0 Å². The van der Waals surface area contributed by atoms with E-state index in [0.717, 1.165) is 11.8 Å². The molecule has 1 aromatic rings. The van der Waals surface area contributed by atoms with Crippen LogP contribution >= 0.6 is 23.4 Å². The topological polar surface area (TPSA) is 0 Å². The van der Waals surface area contributed by atoms with E-state index in [9.17, 15) is 0 Å². The summed E-state index contributed by atoms with van der Waals surface area (Å²) in [5.41, 5.74) is 1.58. The first-order chi connectivity index (χ1) is 8.34. The Kier molecular flexibility index (Phi) is 3.67. The van der Waals surface area contributed by atoms with Gasteiger partial charge in [-0.05, 0) is 42.7 Å². The van der Waals surface area contributed by atoms with Gasteiger partial charge in [-0.25, -0.2) is 0 Å². The zero-order chi connectivity index (χ0) is 11.7. The van der Waals surface area contributed by atoms with Crippen LogP contribution < -0.4 is 0 Å². The quantitative estimate of drug-likeness (QED) is 0.674. The van der Waals surface area contributed by atoms with Crippen molar-refractivity contribution in [3.8, 4) is 0 Å². The number of halogens is 1. The molecule has 3 atom stereocenters. The average molecular weight is 267 g/mol. The van der Waals surface area contributed by atoms with Crippen LogP contribution in [0.15, 0.2) is 29.2 Å². The van der Waals surface area contributed by atoms with E-state index in [4.69, 9.17) is 11.6 Å². The fraction of sp³-hybridized carbons (Fsp3) is 0.600. The molecule has 92 valence electrons. The molecule has 1 aliphatic carbocycles. The van der Waals surface area contributed by atoms with Crippen LogP contribution in [0.2, 0.25) is 0 Å². The Morgan fingerprint density at radius 1 is 1.18 bits per heavy atom. The van der Waals surface area contributed by atoms with E-state index >= 15 is 0 Å². The zero-order valence-electron chi connectivity index (χ0n) is 10.1. The summed E-state index contributed by atoms with van der Waals surface area (Å²) in [6.45, 7) is 0. The Bertz CT molecular complexity index is 390. The highest BCUT2D eigenvalue weighted by Gasteiger charge is 2.30. The van der Waals surface area contributed by atoms with Crippen LogP contribution in [-0.4, -0.2) is 11.1 Å². The number of thioether (sulfide) groups is 1. The summed E-state index contributed by atoms with van der Waals surface area (Å²) in [6.07, 6.45) is 6.60. The molecule has 1 saturated carbocycles. The molecule has 1 aliphatic heterocycles. The van der Waals surface area contributed by atoms with E-state index in [1.165, 1.54) is 42.8 Å². The number of benzene rings is 1. The van der Waals surface area contributed by atoms with Crippen LogP contribution in [0.25, 0.3) is 0 Å². The summed E-state index contributed by atoms with van der Waals surface area (Å²) in [7, 11) is 0. The van der Waals surface area contributed by atoms with Crippen LogP contribution in [0.5, 0.6) is 0 Å². The molecule has 0 bridgehead atoms. The van der Waals surface area contributed by atoms with E-state index in [-0.39, 0.29) is 0 Å². The number of hydrogen-bond donors (Lipinski definition) is 0. The predicted octanol–water partition coefficient (Wildman–Crippen LogP) is 5.06. The van der Waals surface area contributed by atoms with Crippen LogP contribution in [-0.2, 0) is 0 Å². The van der Waals surface area contributed by atoms with Gasteiger partial charge < -0.3 is 0 Å². The van der Waals surface area contributed by atoms with Crippen molar-refractivity contribution in [2.24, 2.45) is 5.92 Å². The second-order valence-electron chi connectivity index (χ2n) is 5.34. The fourth-order valence-corrected chi connectivity index (χ4v) is 4.87. The molecular formula is C15H19ClS. The van der Waals surface area contributed by atoms with Gasteiger partial charge in [0.05, 0.1) is 0 Å². The van der Waals surface area contributed by atoms with Crippen molar-refractivity contribution >= 4 is 23.4 Å². The smallest absolute Gasteiger partial charge is 0.0364 e. The molecule has 1 fully saturated rings. The highest BCUT2D eigenvalue weighted by atomic mass is 35.5. The molecule has 0 saturated heterocycles. The third-order valence-corrected chi connectivity index (χ3v) is 6.03. The second kappa shape index (κ2) is 5.24. The van der Waals surface area contributed by atoms with Gasteiger partial charge in [0.1, 0.15) is 0 Å². The van der Waals surface area contributed by atoms with Crippen molar-refractivity contribution in [3.63, 3.8) is 0 Å². The summed E-state index contributed by atoms with van der Waals surface area (Å²) in [4.78, 5) is 1.50. The predicted molar refractivity (Wildman–Crippen MR) is 76.1 cm³/mol. The van der Waals surface area contributed by atoms with Gasteiger partial charge in [0.15, 0.2) is 0 Å². The molecule has 1 heterocycles. The maximum absolute atomic E-state index is 6.48. The molecule has 0 N–H and O–H groups in total. The lowest BCUT2D eigenvalue weighted by molar-refractivity contribution is 0.330. The first kappa shape index (κ1) is 11.9. The maximum atomic E-state index is 6.48. The van der Waals surface area contributed by atoms with Crippen molar-refractivity contribution < 1.29 is 0 Å². The van der Waals surface area contributed by atoms with Crippen molar-refractivity contribution in [1.82, 2.24) is 0 Å².